The van der Waals surface area contributed by atoms with Crippen molar-refractivity contribution in [2.45, 2.75) is 4.90 Å². The van der Waals surface area contributed by atoms with Gasteiger partial charge in [-0.05, 0) is 18.2 Å². The maximum absolute atomic E-state index is 5.40. The average Bonchev–Trinajstić information content (AvgIpc) is 2.13. The molecule has 3 N–H and O–H groups in total. The molecule has 0 saturated carbocycles. The number of ether oxygens (including phenoxy) is 1. The summed E-state index contributed by atoms with van der Waals surface area (Å²) in [6.45, 7) is 0. The summed E-state index contributed by atoms with van der Waals surface area (Å²) in [5, 5.41) is 2.92. The molecule has 1 aromatic carbocycles. The second-order valence-corrected chi connectivity index (χ2v) is 3.43. The number of thiol groups is 1. The number of rotatable bonds is 2. The predicted molar refractivity (Wildman–Crippen MR) is 58.2 cm³/mol. The zero-order valence-electron chi connectivity index (χ0n) is 7.69. The van der Waals surface area contributed by atoms with E-state index in [2.05, 4.69) is 17.7 Å². The summed E-state index contributed by atoms with van der Waals surface area (Å²) in [6.07, 6.45) is 1.80. The van der Waals surface area contributed by atoms with Gasteiger partial charge in [0.2, 0.25) is 0 Å². The molecule has 14 heavy (non-hydrogen) atoms. The van der Waals surface area contributed by atoms with E-state index in [9.17, 15) is 0 Å². The fourth-order valence-electron chi connectivity index (χ4n) is 1.27. The number of nitrogens with one attached hydrogen (secondary N) is 1. The Labute approximate surface area is 87.0 Å². The minimum atomic E-state index is 0.765. The highest BCUT2D eigenvalue weighted by molar-refractivity contribution is 7.80. The van der Waals surface area contributed by atoms with Crippen molar-refractivity contribution in [1.82, 2.24) is 9.89 Å². The van der Waals surface area contributed by atoms with E-state index in [-0.39, 0.29) is 0 Å². The van der Waals surface area contributed by atoms with E-state index < -0.39 is 0 Å². The lowest BCUT2D eigenvalue weighted by Crippen LogP contribution is -2.18. The zero-order valence-corrected chi connectivity index (χ0v) is 8.58. The van der Waals surface area contributed by atoms with Crippen molar-refractivity contribution in [3.63, 3.8) is 0 Å². The van der Waals surface area contributed by atoms with Crippen molar-refractivity contribution in [2.75, 3.05) is 13.0 Å². The van der Waals surface area contributed by atoms with Gasteiger partial charge >= 0.3 is 0 Å². The SMILES string of the molecule is COc1ccc(-c2cn(N)[nH]2)cc1S. The van der Waals surface area contributed by atoms with E-state index in [0.717, 1.165) is 21.9 Å². The normalized spacial score (nSPS) is 10.4. The van der Waals surface area contributed by atoms with Crippen LogP contribution in [0.5, 0.6) is 5.75 Å². The molecule has 0 fully saturated rings. The van der Waals surface area contributed by atoms with E-state index in [1.807, 2.05) is 18.2 Å². The van der Waals surface area contributed by atoms with Crippen LogP contribution in [0.3, 0.4) is 0 Å². The smallest absolute Gasteiger partial charge is 0.132 e. The summed E-state index contributed by atoms with van der Waals surface area (Å²) >= 11 is 4.30. The minimum Gasteiger partial charge on any atom is -0.496 e. The fourth-order valence-corrected chi connectivity index (χ4v) is 1.57. The summed E-state index contributed by atoms with van der Waals surface area (Å²) in [7, 11) is 1.62. The summed E-state index contributed by atoms with van der Waals surface area (Å²) in [6, 6.07) is 5.75. The maximum atomic E-state index is 5.40. The first-order chi connectivity index (χ1) is 6.70. The van der Waals surface area contributed by atoms with Gasteiger partial charge in [0.25, 0.3) is 0 Å². The molecule has 1 aromatic heterocycles. The summed E-state index contributed by atoms with van der Waals surface area (Å²) in [5.74, 6) is 6.17. The first-order valence-electron chi connectivity index (χ1n) is 4.10. The van der Waals surface area contributed by atoms with E-state index in [1.165, 1.54) is 4.79 Å². The monoisotopic (exact) mass is 209 g/mol. The van der Waals surface area contributed by atoms with Crippen molar-refractivity contribution in [3.05, 3.63) is 24.4 Å². The molecule has 0 aliphatic carbocycles. The first kappa shape index (κ1) is 9.08. The average molecular weight is 209 g/mol. The first-order valence-corrected chi connectivity index (χ1v) is 4.55. The molecule has 4 nitrogen and oxygen atoms in total. The second-order valence-electron chi connectivity index (χ2n) is 2.95. The number of benzene rings is 1. The Balaban J connectivity index is 2.35. The lowest BCUT2D eigenvalue weighted by molar-refractivity contribution is 0.405. The van der Waals surface area contributed by atoms with Crippen LogP contribution in [0.4, 0.5) is 0 Å². The summed E-state index contributed by atoms with van der Waals surface area (Å²) < 4.78 is 5.10. The number of methoxy groups -OCH3 is 1. The number of aromatic amines is 1. The van der Waals surface area contributed by atoms with Gasteiger partial charge in [-0.25, -0.2) is 4.79 Å². The molecule has 0 radical (unpaired) electrons. The van der Waals surface area contributed by atoms with Gasteiger partial charge in [-0.2, -0.15) is 0 Å². The van der Waals surface area contributed by atoms with Crippen LogP contribution in [0.25, 0.3) is 11.3 Å². The number of nitrogen functional groups attached to an aromatic ring is 1. The van der Waals surface area contributed by atoms with Crippen LogP contribution in [0.2, 0.25) is 0 Å². The molecule has 0 bridgehead atoms. The molecular weight excluding hydrogens is 198 g/mol. The second kappa shape index (κ2) is 3.34. The Bertz CT molecular complexity index is 435. The molecule has 0 saturated heterocycles. The quantitative estimate of drug-likeness (QED) is 0.518. The van der Waals surface area contributed by atoms with Gasteiger partial charge in [-0.15, -0.1) is 12.6 Å². The molecule has 2 rings (SSSR count). The standard InChI is InChI=1S/C9H11N3OS/c1-13-8-3-2-6(4-9(8)14)7-5-12(10)11-7/h2-5,11,14H,10H2,1H3. The largest absolute Gasteiger partial charge is 0.496 e. The third-order valence-electron chi connectivity index (χ3n) is 2.01. The van der Waals surface area contributed by atoms with Gasteiger partial charge in [0, 0.05) is 10.5 Å². The molecule has 0 amide bonds. The molecule has 74 valence electrons. The Morgan fingerprint density at radius 3 is 2.71 bits per heavy atom. The Hall–Kier alpha value is -1.49. The third-order valence-corrected chi connectivity index (χ3v) is 2.36. The van der Waals surface area contributed by atoms with Crippen LogP contribution in [0.15, 0.2) is 29.3 Å². The van der Waals surface area contributed by atoms with Gasteiger partial charge < -0.3 is 10.6 Å². The van der Waals surface area contributed by atoms with Gasteiger partial charge in [0.1, 0.15) is 5.75 Å². The van der Waals surface area contributed by atoms with Crippen LogP contribution in [0, 0.1) is 0 Å². The molecule has 0 atom stereocenters. The molecule has 0 aliphatic rings. The van der Waals surface area contributed by atoms with Crippen LogP contribution < -0.4 is 10.6 Å². The number of H-pyrrole nitrogens is 1. The van der Waals surface area contributed by atoms with E-state index >= 15 is 0 Å². The summed E-state index contributed by atoms with van der Waals surface area (Å²) in [4.78, 5) is 2.21. The number of hydrogen-bond acceptors (Lipinski definition) is 3. The van der Waals surface area contributed by atoms with Crippen molar-refractivity contribution < 1.29 is 4.74 Å². The van der Waals surface area contributed by atoms with Crippen LogP contribution in [-0.4, -0.2) is 17.0 Å². The van der Waals surface area contributed by atoms with Gasteiger partial charge in [0.15, 0.2) is 0 Å². The molecule has 1 heterocycles. The molecule has 0 spiro atoms. The van der Waals surface area contributed by atoms with Crippen LogP contribution >= 0.6 is 12.6 Å². The lowest BCUT2D eigenvalue weighted by atomic mass is 10.1. The summed E-state index contributed by atoms with van der Waals surface area (Å²) in [5.41, 5.74) is 2.02. The number of hydrogen-bond donors (Lipinski definition) is 3. The Morgan fingerprint density at radius 2 is 2.21 bits per heavy atom. The molecule has 2 aromatic rings. The molecule has 0 unspecified atom stereocenters. The molecule has 0 aliphatic heterocycles. The maximum Gasteiger partial charge on any atom is 0.132 e. The fraction of sp³-hybridized carbons (Fsp3) is 0.111. The van der Waals surface area contributed by atoms with Crippen LogP contribution in [0.1, 0.15) is 0 Å². The predicted octanol–water partition coefficient (Wildman–Crippen LogP) is 1.49. The van der Waals surface area contributed by atoms with Crippen molar-refractivity contribution in [2.24, 2.45) is 0 Å². The highest BCUT2D eigenvalue weighted by Crippen LogP contribution is 2.28. The minimum absolute atomic E-state index is 0.765. The van der Waals surface area contributed by atoms with Crippen molar-refractivity contribution >= 4 is 12.6 Å². The van der Waals surface area contributed by atoms with Gasteiger partial charge in [-0.3, -0.25) is 5.10 Å². The van der Waals surface area contributed by atoms with E-state index in [4.69, 9.17) is 10.6 Å². The lowest BCUT2D eigenvalue weighted by Gasteiger charge is -2.12. The Kier molecular flexibility index (Phi) is 2.17. The number of nitrogens with zero attached hydrogens (tertiary/aromatic N) is 1. The number of aromatic nitrogens is 2. The highest BCUT2D eigenvalue weighted by Gasteiger charge is 2.05. The van der Waals surface area contributed by atoms with Crippen molar-refractivity contribution in [3.8, 4) is 17.0 Å². The van der Waals surface area contributed by atoms with E-state index in [1.54, 1.807) is 13.3 Å². The van der Waals surface area contributed by atoms with Gasteiger partial charge in [-0.1, -0.05) is 0 Å². The third kappa shape index (κ3) is 1.46. The van der Waals surface area contributed by atoms with Crippen LogP contribution in [-0.2, 0) is 0 Å². The van der Waals surface area contributed by atoms with Crippen molar-refractivity contribution in [1.29, 1.82) is 0 Å². The Morgan fingerprint density at radius 1 is 1.50 bits per heavy atom. The molecular formula is C9H11N3OS. The number of nitrogens with two attached hydrogens (primary N) is 1. The highest BCUT2D eigenvalue weighted by atomic mass is 32.1. The van der Waals surface area contributed by atoms with Gasteiger partial charge in [0.05, 0.1) is 19.0 Å². The molecule has 5 heteroatoms. The van der Waals surface area contributed by atoms with E-state index in [0.29, 0.717) is 0 Å². The topological polar surface area (TPSA) is 56.0 Å². The zero-order chi connectivity index (χ0) is 10.1.